The molecular formula is C14H26N2O3. The fourth-order valence-electron chi connectivity index (χ4n) is 2.63. The number of hydrogen-bond donors (Lipinski definition) is 2. The molecule has 0 bridgehead atoms. The van der Waals surface area contributed by atoms with Crippen molar-refractivity contribution < 1.29 is 14.7 Å². The maximum absolute atomic E-state index is 12.1. The molecule has 0 aromatic carbocycles. The number of hydrogen-bond acceptors (Lipinski definition) is 2. The molecule has 0 aliphatic heterocycles. The van der Waals surface area contributed by atoms with Crippen LogP contribution in [0.1, 0.15) is 46.5 Å². The number of carbonyl (C=O) groups is 2. The molecule has 110 valence electrons. The number of urea groups is 1. The summed E-state index contributed by atoms with van der Waals surface area (Å²) in [5.41, 5.74) is 0. The SMILES string of the molecule is CCN(CC(C)C(=O)O)C(=O)NC(C)C1CCCC1. The van der Waals surface area contributed by atoms with E-state index in [1.165, 1.54) is 25.7 Å². The summed E-state index contributed by atoms with van der Waals surface area (Å²) in [5.74, 6) is -0.831. The third-order valence-electron chi connectivity index (χ3n) is 4.04. The van der Waals surface area contributed by atoms with Gasteiger partial charge in [0.1, 0.15) is 0 Å². The lowest BCUT2D eigenvalue weighted by atomic mass is 10.00. The molecule has 0 aromatic rings. The van der Waals surface area contributed by atoms with Crippen LogP contribution in [0.25, 0.3) is 0 Å². The minimum absolute atomic E-state index is 0.144. The Bertz CT molecular complexity index is 314. The van der Waals surface area contributed by atoms with Crippen molar-refractivity contribution >= 4 is 12.0 Å². The van der Waals surface area contributed by atoms with Gasteiger partial charge in [0.05, 0.1) is 5.92 Å². The molecule has 5 heteroatoms. The van der Waals surface area contributed by atoms with Gasteiger partial charge in [-0.15, -0.1) is 0 Å². The van der Waals surface area contributed by atoms with Gasteiger partial charge in [0.25, 0.3) is 0 Å². The van der Waals surface area contributed by atoms with Crippen molar-refractivity contribution in [1.82, 2.24) is 10.2 Å². The smallest absolute Gasteiger partial charge is 0.317 e. The van der Waals surface area contributed by atoms with Crippen LogP contribution in [0.15, 0.2) is 0 Å². The molecule has 0 spiro atoms. The molecule has 2 atom stereocenters. The van der Waals surface area contributed by atoms with Gasteiger partial charge in [-0.05, 0) is 32.6 Å². The van der Waals surface area contributed by atoms with E-state index in [1.807, 2.05) is 13.8 Å². The number of carboxylic acids is 1. The standard InChI is InChI=1S/C14H26N2O3/c1-4-16(9-10(2)13(17)18)14(19)15-11(3)12-7-5-6-8-12/h10-12H,4-9H2,1-3H3,(H,15,19)(H,17,18). The summed E-state index contributed by atoms with van der Waals surface area (Å²) in [4.78, 5) is 24.5. The molecule has 19 heavy (non-hydrogen) atoms. The molecule has 1 rings (SSSR count). The third kappa shape index (κ3) is 4.73. The third-order valence-corrected chi connectivity index (χ3v) is 4.04. The second kappa shape index (κ2) is 7.36. The molecule has 1 saturated carbocycles. The zero-order valence-corrected chi connectivity index (χ0v) is 12.2. The van der Waals surface area contributed by atoms with Gasteiger partial charge in [-0.2, -0.15) is 0 Å². The zero-order valence-electron chi connectivity index (χ0n) is 12.2. The zero-order chi connectivity index (χ0) is 14.4. The highest BCUT2D eigenvalue weighted by Crippen LogP contribution is 2.27. The normalized spacial score (nSPS) is 18.9. The number of aliphatic carboxylic acids is 1. The predicted molar refractivity (Wildman–Crippen MR) is 74.0 cm³/mol. The van der Waals surface area contributed by atoms with Crippen LogP contribution in [0.5, 0.6) is 0 Å². The van der Waals surface area contributed by atoms with Crippen LogP contribution in [0.4, 0.5) is 4.79 Å². The molecule has 2 amide bonds. The summed E-state index contributed by atoms with van der Waals surface area (Å²) < 4.78 is 0. The van der Waals surface area contributed by atoms with E-state index >= 15 is 0 Å². The number of nitrogens with zero attached hydrogens (tertiary/aromatic N) is 1. The molecule has 2 unspecified atom stereocenters. The van der Waals surface area contributed by atoms with Gasteiger partial charge in [-0.1, -0.05) is 19.8 Å². The Morgan fingerprint density at radius 3 is 2.37 bits per heavy atom. The highest BCUT2D eigenvalue weighted by atomic mass is 16.4. The number of nitrogens with one attached hydrogen (secondary N) is 1. The Hall–Kier alpha value is -1.26. The molecule has 0 saturated heterocycles. The summed E-state index contributed by atoms with van der Waals surface area (Å²) in [5, 5.41) is 11.9. The van der Waals surface area contributed by atoms with Crippen molar-refractivity contribution in [3.8, 4) is 0 Å². The van der Waals surface area contributed by atoms with Crippen LogP contribution >= 0.6 is 0 Å². The average molecular weight is 270 g/mol. The number of rotatable bonds is 6. The molecule has 0 radical (unpaired) electrons. The van der Waals surface area contributed by atoms with Crippen LogP contribution in [0.3, 0.4) is 0 Å². The van der Waals surface area contributed by atoms with E-state index in [0.29, 0.717) is 12.5 Å². The molecule has 2 N–H and O–H groups in total. The van der Waals surface area contributed by atoms with Gasteiger partial charge in [0.15, 0.2) is 0 Å². The van der Waals surface area contributed by atoms with Crippen molar-refractivity contribution in [2.45, 2.75) is 52.5 Å². The van der Waals surface area contributed by atoms with Crippen molar-refractivity contribution in [2.75, 3.05) is 13.1 Å². The van der Waals surface area contributed by atoms with E-state index in [1.54, 1.807) is 11.8 Å². The number of amides is 2. The predicted octanol–water partition coefficient (Wildman–Crippen LogP) is 2.32. The van der Waals surface area contributed by atoms with Crippen LogP contribution in [0, 0.1) is 11.8 Å². The lowest BCUT2D eigenvalue weighted by molar-refractivity contribution is -0.141. The fraction of sp³-hybridized carbons (Fsp3) is 0.857. The molecule has 1 aliphatic carbocycles. The molecule has 1 fully saturated rings. The second-order valence-electron chi connectivity index (χ2n) is 5.56. The monoisotopic (exact) mass is 270 g/mol. The Labute approximate surface area is 115 Å². The van der Waals surface area contributed by atoms with E-state index in [2.05, 4.69) is 5.32 Å². The maximum atomic E-state index is 12.1. The second-order valence-corrected chi connectivity index (χ2v) is 5.56. The topological polar surface area (TPSA) is 69.6 Å². The fourth-order valence-corrected chi connectivity index (χ4v) is 2.63. The molecule has 0 aromatic heterocycles. The first-order valence-corrected chi connectivity index (χ1v) is 7.24. The van der Waals surface area contributed by atoms with Crippen molar-refractivity contribution in [1.29, 1.82) is 0 Å². The largest absolute Gasteiger partial charge is 0.481 e. The molecular weight excluding hydrogens is 244 g/mol. The molecule has 0 heterocycles. The first-order valence-electron chi connectivity index (χ1n) is 7.24. The van der Waals surface area contributed by atoms with Crippen molar-refractivity contribution in [2.24, 2.45) is 11.8 Å². The quantitative estimate of drug-likeness (QED) is 0.778. The van der Waals surface area contributed by atoms with Gasteiger partial charge < -0.3 is 15.3 Å². The number of carboxylic acid groups (broad SMARTS) is 1. The lowest BCUT2D eigenvalue weighted by Crippen LogP contribution is -2.47. The van der Waals surface area contributed by atoms with E-state index in [-0.39, 0.29) is 18.6 Å². The molecule has 1 aliphatic rings. The summed E-state index contributed by atoms with van der Waals surface area (Å²) in [6, 6.07) is 0.0270. The first kappa shape index (κ1) is 15.8. The first-order chi connectivity index (χ1) is 8.95. The minimum atomic E-state index is -0.866. The highest BCUT2D eigenvalue weighted by Gasteiger charge is 2.25. The van der Waals surface area contributed by atoms with Crippen LogP contribution < -0.4 is 5.32 Å². The molecule has 5 nitrogen and oxygen atoms in total. The highest BCUT2D eigenvalue weighted by molar-refractivity contribution is 5.76. The van der Waals surface area contributed by atoms with E-state index in [9.17, 15) is 9.59 Å². The van der Waals surface area contributed by atoms with Gasteiger partial charge in [-0.25, -0.2) is 4.79 Å². The van der Waals surface area contributed by atoms with Gasteiger partial charge in [-0.3, -0.25) is 4.79 Å². The van der Waals surface area contributed by atoms with Gasteiger partial charge >= 0.3 is 12.0 Å². The lowest BCUT2D eigenvalue weighted by Gasteiger charge is -2.27. The Kier molecular flexibility index (Phi) is 6.12. The van der Waals surface area contributed by atoms with Crippen LogP contribution in [0.2, 0.25) is 0 Å². The Morgan fingerprint density at radius 1 is 1.32 bits per heavy atom. The Morgan fingerprint density at radius 2 is 1.89 bits per heavy atom. The summed E-state index contributed by atoms with van der Waals surface area (Å²) in [6.07, 6.45) is 4.86. The van der Waals surface area contributed by atoms with Crippen LogP contribution in [-0.2, 0) is 4.79 Å². The average Bonchev–Trinajstić information content (AvgIpc) is 2.88. The van der Waals surface area contributed by atoms with Crippen molar-refractivity contribution in [3.05, 3.63) is 0 Å². The Balaban J connectivity index is 2.46. The summed E-state index contributed by atoms with van der Waals surface area (Å²) in [7, 11) is 0. The van der Waals surface area contributed by atoms with E-state index in [0.717, 1.165) is 0 Å². The minimum Gasteiger partial charge on any atom is -0.481 e. The summed E-state index contributed by atoms with van der Waals surface area (Å²) >= 11 is 0. The van der Waals surface area contributed by atoms with E-state index < -0.39 is 11.9 Å². The maximum Gasteiger partial charge on any atom is 0.317 e. The van der Waals surface area contributed by atoms with Crippen molar-refractivity contribution in [3.63, 3.8) is 0 Å². The van der Waals surface area contributed by atoms with Crippen LogP contribution in [-0.4, -0.2) is 41.1 Å². The van der Waals surface area contributed by atoms with Gasteiger partial charge in [0, 0.05) is 19.1 Å². The number of carbonyl (C=O) groups excluding carboxylic acids is 1. The van der Waals surface area contributed by atoms with E-state index in [4.69, 9.17) is 5.11 Å². The summed E-state index contributed by atoms with van der Waals surface area (Å²) in [6.45, 7) is 6.32. The van der Waals surface area contributed by atoms with Gasteiger partial charge in [0.2, 0.25) is 0 Å².